The number of sulfone groups is 1. The number of aromatic nitrogens is 2. The van der Waals surface area contributed by atoms with E-state index in [1.54, 1.807) is 24.3 Å². The molecule has 35 heavy (non-hydrogen) atoms. The molecule has 9 nitrogen and oxygen atoms in total. The number of aliphatic hydroxyl groups excluding tert-OH is 1. The Balaban J connectivity index is 1.47. The molecule has 2 aliphatic rings. The fourth-order valence-electron chi connectivity index (χ4n) is 4.37. The van der Waals surface area contributed by atoms with Crippen LogP contribution in [0.4, 0.5) is 4.39 Å². The van der Waals surface area contributed by atoms with Gasteiger partial charge in [-0.2, -0.15) is 0 Å². The van der Waals surface area contributed by atoms with E-state index in [-0.39, 0.29) is 37.7 Å². The van der Waals surface area contributed by atoms with Gasteiger partial charge in [-0.15, -0.1) is 0 Å². The summed E-state index contributed by atoms with van der Waals surface area (Å²) in [5.41, 5.74) is 1.05. The Hall–Kier alpha value is -2.50. The smallest absolute Gasteiger partial charge is 0.287 e. The lowest BCUT2D eigenvalue weighted by Crippen LogP contribution is -2.55. The summed E-state index contributed by atoms with van der Waals surface area (Å²) >= 11 is 5.88. The number of benzene rings is 1. The molecule has 0 radical (unpaired) electrons. The number of alkyl halides is 1. The van der Waals surface area contributed by atoms with Gasteiger partial charge in [0, 0.05) is 31.2 Å². The van der Waals surface area contributed by atoms with Crippen molar-refractivity contribution in [3.8, 4) is 0 Å². The molecule has 0 bridgehead atoms. The van der Waals surface area contributed by atoms with Crippen molar-refractivity contribution in [3.05, 3.63) is 52.6 Å². The van der Waals surface area contributed by atoms with Crippen molar-refractivity contribution < 1.29 is 27.5 Å². The first kappa shape index (κ1) is 25.6. The van der Waals surface area contributed by atoms with Gasteiger partial charge in [-0.25, -0.2) is 17.8 Å². The van der Waals surface area contributed by atoms with Gasteiger partial charge in [0.2, 0.25) is 0 Å². The van der Waals surface area contributed by atoms with Gasteiger partial charge in [0.05, 0.1) is 15.7 Å². The molecule has 12 heteroatoms. The third-order valence-electron chi connectivity index (χ3n) is 7.02. The number of aliphatic hydroxyl groups is 1. The van der Waals surface area contributed by atoms with Gasteiger partial charge in [0.25, 0.3) is 11.8 Å². The molecule has 0 spiro atoms. The van der Waals surface area contributed by atoms with Gasteiger partial charge in [0.15, 0.2) is 15.7 Å². The van der Waals surface area contributed by atoms with Gasteiger partial charge in [-0.3, -0.25) is 9.59 Å². The quantitative estimate of drug-likeness (QED) is 0.515. The monoisotopic (exact) mass is 526 g/mol. The Morgan fingerprint density at radius 3 is 2.54 bits per heavy atom. The van der Waals surface area contributed by atoms with Crippen molar-refractivity contribution in [1.29, 1.82) is 0 Å². The van der Waals surface area contributed by atoms with Gasteiger partial charge in [-0.1, -0.05) is 23.7 Å². The molecule has 190 valence electrons. The minimum Gasteiger partial charge on any atom is -0.389 e. The first-order valence-corrected chi connectivity index (χ1v) is 13.2. The first-order chi connectivity index (χ1) is 16.4. The van der Waals surface area contributed by atoms with Crippen molar-refractivity contribution >= 4 is 33.3 Å². The number of halogens is 2. The van der Waals surface area contributed by atoms with Crippen LogP contribution in [-0.2, 0) is 22.9 Å². The summed E-state index contributed by atoms with van der Waals surface area (Å²) in [5.74, 6) is -0.760. The average molecular weight is 527 g/mol. The molecular formula is C23H28ClFN4O5S. The van der Waals surface area contributed by atoms with Gasteiger partial charge < -0.3 is 19.9 Å². The second-order valence-corrected chi connectivity index (χ2v) is 13.0. The second-order valence-electron chi connectivity index (χ2n) is 9.61. The molecule has 2 aromatic rings. The molecule has 1 aliphatic carbocycles. The van der Waals surface area contributed by atoms with Crippen LogP contribution in [0.3, 0.4) is 0 Å². The van der Waals surface area contributed by atoms with Crippen LogP contribution in [0.5, 0.6) is 0 Å². The highest BCUT2D eigenvalue weighted by Crippen LogP contribution is 2.50. The SMILES string of the molecule is CC(C)(C(O)CF)S(=O)(=O)C1(CN2CCn3c(cnc3C(=O)NCc3ccc(Cl)cc3)C2=O)CC1. The van der Waals surface area contributed by atoms with E-state index in [1.165, 1.54) is 29.5 Å². The van der Waals surface area contributed by atoms with E-state index in [4.69, 9.17) is 11.6 Å². The summed E-state index contributed by atoms with van der Waals surface area (Å²) in [6, 6.07) is 7.03. The van der Waals surface area contributed by atoms with E-state index in [0.29, 0.717) is 17.9 Å². The highest BCUT2D eigenvalue weighted by molar-refractivity contribution is 7.94. The minimum absolute atomic E-state index is 0.0557. The van der Waals surface area contributed by atoms with E-state index in [9.17, 15) is 27.5 Å². The summed E-state index contributed by atoms with van der Waals surface area (Å²) in [7, 11) is -3.96. The molecule has 1 aliphatic heterocycles. The number of nitrogens with zero attached hydrogens (tertiary/aromatic N) is 3. The molecule has 1 unspecified atom stereocenters. The van der Waals surface area contributed by atoms with Crippen LogP contribution < -0.4 is 5.32 Å². The molecule has 1 atom stereocenters. The van der Waals surface area contributed by atoms with Gasteiger partial charge in [0.1, 0.15) is 18.5 Å². The molecule has 2 amide bonds. The molecule has 1 fully saturated rings. The zero-order valence-corrected chi connectivity index (χ0v) is 21.1. The Bertz CT molecular complexity index is 1240. The molecule has 2 heterocycles. The first-order valence-electron chi connectivity index (χ1n) is 11.3. The molecule has 2 N–H and O–H groups in total. The van der Waals surface area contributed by atoms with E-state index in [2.05, 4.69) is 10.3 Å². The molecule has 4 rings (SSSR count). The largest absolute Gasteiger partial charge is 0.389 e. The number of rotatable bonds is 9. The number of imidazole rings is 1. The maximum absolute atomic E-state index is 13.3. The fraction of sp³-hybridized carbons (Fsp3) is 0.522. The standard InChI is InChI=1S/C23H28ClFN4O5S/c1-22(2,18(30)11-25)35(33,34)23(7-8-23)14-28-9-10-29-17(21(28)32)13-26-19(29)20(31)27-12-15-3-5-16(24)6-4-15/h3-6,13,18,30H,7-12,14H2,1-2H3,(H,27,31). The number of hydrogen-bond acceptors (Lipinski definition) is 6. The van der Waals surface area contributed by atoms with Crippen molar-refractivity contribution in [2.24, 2.45) is 0 Å². The van der Waals surface area contributed by atoms with Gasteiger partial charge in [-0.05, 0) is 44.4 Å². The number of hydrogen-bond donors (Lipinski definition) is 2. The maximum atomic E-state index is 13.3. The summed E-state index contributed by atoms with van der Waals surface area (Å²) in [5, 5.41) is 13.4. The third-order valence-corrected chi connectivity index (χ3v) is 10.6. The predicted molar refractivity (Wildman–Crippen MR) is 128 cm³/mol. The van der Waals surface area contributed by atoms with Crippen molar-refractivity contribution in [3.63, 3.8) is 0 Å². The summed E-state index contributed by atoms with van der Waals surface area (Å²) in [6.45, 7) is 2.13. The lowest BCUT2D eigenvalue weighted by atomic mass is 10.1. The molecular weight excluding hydrogens is 499 g/mol. The zero-order valence-electron chi connectivity index (χ0n) is 19.5. The molecule has 1 aromatic carbocycles. The summed E-state index contributed by atoms with van der Waals surface area (Å²) in [6.07, 6.45) is 0.326. The maximum Gasteiger partial charge on any atom is 0.287 e. The Labute approximate surface area is 208 Å². The zero-order chi connectivity index (χ0) is 25.6. The topological polar surface area (TPSA) is 122 Å². The molecule has 1 saturated carbocycles. The van der Waals surface area contributed by atoms with Crippen molar-refractivity contribution in [1.82, 2.24) is 19.8 Å². The number of carbonyl (C=O) groups is 2. The Morgan fingerprint density at radius 1 is 1.29 bits per heavy atom. The number of carbonyl (C=O) groups excluding carboxylic acids is 2. The highest BCUT2D eigenvalue weighted by atomic mass is 35.5. The fourth-order valence-corrected chi connectivity index (χ4v) is 7.00. The number of nitrogens with one attached hydrogen (secondary N) is 1. The van der Waals surface area contributed by atoms with E-state index >= 15 is 0 Å². The lowest BCUT2D eigenvalue weighted by molar-refractivity contribution is 0.0696. The summed E-state index contributed by atoms with van der Waals surface area (Å²) < 4.78 is 38.4. The Morgan fingerprint density at radius 2 is 1.94 bits per heavy atom. The van der Waals surface area contributed by atoms with Crippen LogP contribution in [0.15, 0.2) is 30.5 Å². The predicted octanol–water partition coefficient (Wildman–Crippen LogP) is 1.98. The van der Waals surface area contributed by atoms with Crippen LogP contribution in [0.25, 0.3) is 0 Å². The lowest BCUT2D eigenvalue weighted by Gasteiger charge is -2.36. The normalized spacial score (nSPS) is 18.2. The minimum atomic E-state index is -3.96. The second kappa shape index (κ2) is 9.18. The van der Waals surface area contributed by atoms with Crippen LogP contribution in [0.2, 0.25) is 5.02 Å². The van der Waals surface area contributed by atoms with Crippen molar-refractivity contribution in [2.75, 3.05) is 19.8 Å². The summed E-state index contributed by atoms with van der Waals surface area (Å²) in [4.78, 5) is 31.4. The highest BCUT2D eigenvalue weighted by Gasteiger charge is 2.62. The van der Waals surface area contributed by atoms with E-state index in [0.717, 1.165) is 5.56 Å². The van der Waals surface area contributed by atoms with Crippen LogP contribution >= 0.6 is 11.6 Å². The molecule has 1 aromatic heterocycles. The average Bonchev–Trinajstić information content (AvgIpc) is 3.50. The Kier molecular flexibility index (Phi) is 6.71. The van der Waals surface area contributed by atoms with Crippen LogP contribution in [-0.4, -0.2) is 75.2 Å². The van der Waals surface area contributed by atoms with E-state index < -0.39 is 43.9 Å². The third kappa shape index (κ3) is 4.45. The van der Waals surface area contributed by atoms with Crippen molar-refractivity contribution in [2.45, 2.75) is 55.4 Å². The van der Waals surface area contributed by atoms with E-state index in [1.807, 2.05) is 0 Å². The number of fused-ring (bicyclic) bond motifs is 1. The van der Waals surface area contributed by atoms with Crippen LogP contribution in [0.1, 0.15) is 53.4 Å². The van der Waals surface area contributed by atoms with Crippen LogP contribution in [0, 0.1) is 0 Å². The van der Waals surface area contributed by atoms with Gasteiger partial charge >= 0.3 is 0 Å². The number of amides is 2. The molecule has 0 saturated heterocycles.